The molecule has 0 bridgehead atoms. The van der Waals surface area contributed by atoms with Gasteiger partial charge in [-0.2, -0.15) is 0 Å². The van der Waals surface area contributed by atoms with Gasteiger partial charge in [-0.25, -0.2) is 4.98 Å². The molecule has 0 N–H and O–H groups in total. The maximum absolute atomic E-state index is 5.16. The molecule has 2 aromatic rings. The molecule has 1 aromatic carbocycles. The van der Waals surface area contributed by atoms with Crippen molar-refractivity contribution in [3.8, 4) is 5.88 Å². The normalized spacial score (nSPS) is 10.1. The summed E-state index contributed by atoms with van der Waals surface area (Å²) in [5.41, 5.74) is 1.24. The van der Waals surface area contributed by atoms with Crippen LogP contribution in [0.5, 0.6) is 5.88 Å². The molecule has 0 amide bonds. The van der Waals surface area contributed by atoms with Gasteiger partial charge in [0.25, 0.3) is 0 Å². The number of hydrogen-bond donors (Lipinski definition) is 0. The molecule has 0 saturated carbocycles. The van der Waals surface area contributed by atoms with Crippen molar-refractivity contribution in [2.24, 2.45) is 0 Å². The van der Waals surface area contributed by atoms with E-state index < -0.39 is 0 Å². The summed E-state index contributed by atoms with van der Waals surface area (Å²) >= 11 is 0. The lowest BCUT2D eigenvalue weighted by atomic mass is 10.2. The van der Waals surface area contributed by atoms with E-state index in [-0.39, 0.29) is 0 Å². The minimum atomic E-state index is 0.786. The Labute approximate surface area is 83.0 Å². The quantitative estimate of drug-likeness (QED) is 0.736. The molecule has 2 rings (SSSR count). The predicted octanol–water partition coefficient (Wildman–Crippen LogP) is 1.94. The molecule has 3 nitrogen and oxygen atoms in total. The Morgan fingerprint density at radius 3 is 2.79 bits per heavy atom. The highest BCUT2D eigenvalue weighted by Crippen LogP contribution is 2.11. The summed E-state index contributed by atoms with van der Waals surface area (Å²) in [6.45, 7) is 0.796. The van der Waals surface area contributed by atoms with Gasteiger partial charge in [-0.1, -0.05) is 30.3 Å². The molecule has 1 heterocycles. The number of methoxy groups -OCH3 is 1. The number of hydrogen-bond acceptors (Lipinski definition) is 2. The molecule has 0 unspecified atom stereocenters. The lowest BCUT2D eigenvalue weighted by Crippen LogP contribution is -2.00. The SMILES string of the molecule is COc1cncn1Cc1ccccc1. The molecule has 1 aromatic heterocycles. The summed E-state index contributed by atoms with van der Waals surface area (Å²) in [6, 6.07) is 10.2. The molecule has 14 heavy (non-hydrogen) atoms. The zero-order chi connectivity index (χ0) is 9.80. The fourth-order valence-corrected chi connectivity index (χ4v) is 1.38. The molecule has 0 aliphatic heterocycles. The molecule has 0 radical (unpaired) electrons. The van der Waals surface area contributed by atoms with Crippen molar-refractivity contribution in [2.75, 3.05) is 7.11 Å². The van der Waals surface area contributed by atoms with E-state index in [2.05, 4.69) is 17.1 Å². The van der Waals surface area contributed by atoms with E-state index in [0.29, 0.717) is 0 Å². The first kappa shape index (κ1) is 8.81. The van der Waals surface area contributed by atoms with Crippen LogP contribution in [0.1, 0.15) is 5.56 Å². The molecule has 3 heteroatoms. The molecule has 0 fully saturated rings. The Morgan fingerprint density at radius 1 is 1.29 bits per heavy atom. The van der Waals surface area contributed by atoms with Gasteiger partial charge in [0.05, 0.1) is 26.2 Å². The van der Waals surface area contributed by atoms with Gasteiger partial charge in [0, 0.05) is 0 Å². The van der Waals surface area contributed by atoms with Crippen molar-refractivity contribution in [3.05, 3.63) is 48.4 Å². The van der Waals surface area contributed by atoms with Crippen LogP contribution in [0.2, 0.25) is 0 Å². The van der Waals surface area contributed by atoms with Crippen LogP contribution in [0.15, 0.2) is 42.9 Å². The van der Waals surface area contributed by atoms with Crippen LogP contribution in [0, 0.1) is 0 Å². The first-order valence-corrected chi connectivity index (χ1v) is 4.48. The van der Waals surface area contributed by atoms with E-state index in [1.54, 1.807) is 19.6 Å². The molecular weight excluding hydrogens is 176 g/mol. The van der Waals surface area contributed by atoms with Gasteiger partial charge >= 0.3 is 0 Å². The van der Waals surface area contributed by atoms with Crippen LogP contribution in [-0.2, 0) is 6.54 Å². The summed E-state index contributed by atoms with van der Waals surface area (Å²) in [4.78, 5) is 4.03. The maximum atomic E-state index is 5.16. The monoisotopic (exact) mass is 188 g/mol. The van der Waals surface area contributed by atoms with Crippen molar-refractivity contribution in [2.45, 2.75) is 6.54 Å². The highest BCUT2D eigenvalue weighted by atomic mass is 16.5. The Balaban J connectivity index is 2.19. The first-order valence-electron chi connectivity index (χ1n) is 4.48. The fourth-order valence-electron chi connectivity index (χ4n) is 1.38. The summed E-state index contributed by atoms with van der Waals surface area (Å²) in [5.74, 6) is 0.786. The Hall–Kier alpha value is -1.77. The van der Waals surface area contributed by atoms with Crippen LogP contribution in [0.3, 0.4) is 0 Å². The van der Waals surface area contributed by atoms with E-state index in [1.165, 1.54) is 5.56 Å². The third kappa shape index (κ3) is 1.76. The highest BCUT2D eigenvalue weighted by Gasteiger charge is 2.00. The van der Waals surface area contributed by atoms with E-state index in [1.807, 2.05) is 22.8 Å². The van der Waals surface area contributed by atoms with Crippen molar-refractivity contribution >= 4 is 0 Å². The number of imidazole rings is 1. The van der Waals surface area contributed by atoms with Gasteiger partial charge < -0.3 is 4.74 Å². The summed E-state index contributed by atoms with van der Waals surface area (Å²) in [7, 11) is 1.65. The van der Waals surface area contributed by atoms with Crippen LogP contribution in [-0.4, -0.2) is 16.7 Å². The second kappa shape index (κ2) is 3.96. The molecule has 0 aliphatic rings. The Kier molecular flexibility index (Phi) is 2.49. The van der Waals surface area contributed by atoms with Crippen molar-refractivity contribution in [1.82, 2.24) is 9.55 Å². The smallest absolute Gasteiger partial charge is 0.213 e. The zero-order valence-electron chi connectivity index (χ0n) is 8.05. The number of benzene rings is 1. The fraction of sp³-hybridized carbons (Fsp3) is 0.182. The average Bonchev–Trinajstić information content (AvgIpc) is 2.67. The molecule has 0 spiro atoms. The van der Waals surface area contributed by atoms with Gasteiger partial charge in [0.2, 0.25) is 5.88 Å². The minimum absolute atomic E-state index is 0.786. The Morgan fingerprint density at radius 2 is 2.07 bits per heavy atom. The first-order chi connectivity index (χ1) is 6.90. The van der Waals surface area contributed by atoms with Crippen LogP contribution >= 0.6 is 0 Å². The third-order valence-electron chi connectivity index (χ3n) is 2.08. The average molecular weight is 188 g/mol. The van der Waals surface area contributed by atoms with Crippen LogP contribution in [0.25, 0.3) is 0 Å². The largest absolute Gasteiger partial charge is 0.481 e. The topological polar surface area (TPSA) is 27.1 Å². The zero-order valence-corrected chi connectivity index (χ0v) is 8.05. The molecule has 0 saturated heterocycles. The molecule has 0 atom stereocenters. The lowest BCUT2D eigenvalue weighted by molar-refractivity contribution is 0.377. The second-order valence-corrected chi connectivity index (χ2v) is 3.05. The lowest BCUT2D eigenvalue weighted by Gasteiger charge is -2.06. The van der Waals surface area contributed by atoms with E-state index in [4.69, 9.17) is 4.74 Å². The third-order valence-corrected chi connectivity index (χ3v) is 2.08. The standard InChI is InChI=1S/C11H12N2O/c1-14-11-7-12-9-13(11)8-10-5-3-2-4-6-10/h2-7,9H,8H2,1H3. The van der Waals surface area contributed by atoms with Crippen molar-refractivity contribution in [1.29, 1.82) is 0 Å². The van der Waals surface area contributed by atoms with Gasteiger partial charge in [0.1, 0.15) is 0 Å². The number of ether oxygens (including phenoxy) is 1. The highest BCUT2D eigenvalue weighted by molar-refractivity contribution is 5.17. The van der Waals surface area contributed by atoms with E-state index >= 15 is 0 Å². The maximum Gasteiger partial charge on any atom is 0.213 e. The van der Waals surface area contributed by atoms with Gasteiger partial charge in [-0.15, -0.1) is 0 Å². The van der Waals surface area contributed by atoms with Crippen molar-refractivity contribution in [3.63, 3.8) is 0 Å². The summed E-state index contributed by atoms with van der Waals surface area (Å²) < 4.78 is 7.13. The van der Waals surface area contributed by atoms with Crippen molar-refractivity contribution < 1.29 is 4.74 Å². The van der Waals surface area contributed by atoms with Gasteiger partial charge in [-0.3, -0.25) is 4.57 Å². The Bertz CT molecular complexity index is 395. The number of nitrogens with zero attached hydrogens (tertiary/aromatic N) is 2. The van der Waals surface area contributed by atoms with E-state index in [0.717, 1.165) is 12.4 Å². The summed E-state index contributed by atoms with van der Waals surface area (Å²) in [5, 5.41) is 0. The molecule has 72 valence electrons. The predicted molar refractivity (Wildman–Crippen MR) is 54.3 cm³/mol. The number of rotatable bonds is 3. The van der Waals surface area contributed by atoms with Crippen LogP contribution in [0.4, 0.5) is 0 Å². The second-order valence-electron chi connectivity index (χ2n) is 3.05. The number of aromatic nitrogens is 2. The van der Waals surface area contributed by atoms with Crippen LogP contribution < -0.4 is 4.74 Å². The van der Waals surface area contributed by atoms with Gasteiger partial charge in [0.15, 0.2) is 0 Å². The molecule has 0 aliphatic carbocycles. The minimum Gasteiger partial charge on any atom is -0.481 e. The van der Waals surface area contributed by atoms with E-state index in [9.17, 15) is 0 Å². The summed E-state index contributed by atoms with van der Waals surface area (Å²) in [6.07, 6.45) is 3.48. The molecular formula is C11H12N2O. The van der Waals surface area contributed by atoms with Gasteiger partial charge in [-0.05, 0) is 5.56 Å².